The second kappa shape index (κ2) is 6.28. The molecule has 124 valence electrons. The molecule has 5 nitrogen and oxygen atoms in total. The van der Waals surface area contributed by atoms with Crippen molar-refractivity contribution in [2.24, 2.45) is 5.92 Å². The molecular formula is C18H19N3O2S. The van der Waals surface area contributed by atoms with Crippen LogP contribution >= 0.6 is 11.3 Å². The molecule has 0 spiro atoms. The van der Waals surface area contributed by atoms with Gasteiger partial charge in [-0.05, 0) is 30.9 Å². The van der Waals surface area contributed by atoms with E-state index in [4.69, 9.17) is 4.42 Å². The molecule has 0 bridgehead atoms. The van der Waals surface area contributed by atoms with Crippen LogP contribution in [0.3, 0.4) is 0 Å². The molecule has 1 aliphatic carbocycles. The Labute approximate surface area is 144 Å². The summed E-state index contributed by atoms with van der Waals surface area (Å²) in [4.78, 5) is 18.4. The lowest BCUT2D eigenvalue weighted by atomic mass is 10.1. The number of fused-ring (bicyclic) bond motifs is 1. The zero-order chi connectivity index (χ0) is 16.5. The molecule has 2 aromatic heterocycles. The summed E-state index contributed by atoms with van der Waals surface area (Å²) in [5.74, 6) is 1.30. The van der Waals surface area contributed by atoms with Crippen LogP contribution in [0.4, 0.5) is 4.79 Å². The number of amides is 2. The number of aromatic nitrogens is 1. The van der Waals surface area contributed by atoms with Gasteiger partial charge in [-0.25, -0.2) is 9.78 Å². The van der Waals surface area contributed by atoms with Gasteiger partial charge in [0.1, 0.15) is 16.4 Å². The van der Waals surface area contributed by atoms with E-state index in [1.165, 1.54) is 0 Å². The van der Waals surface area contributed by atoms with Crippen LogP contribution in [0.5, 0.6) is 0 Å². The van der Waals surface area contributed by atoms with E-state index in [2.05, 4.69) is 10.3 Å². The Morgan fingerprint density at radius 3 is 3.00 bits per heavy atom. The minimum Gasteiger partial charge on any atom is -0.459 e. The molecule has 4 rings (SSSR count). The summed E-state index contributed by atoms with van der Waals surface area (Å²) in [5.41, 5.74) is 0.864. The molecule has 0 radical (unpaired) electrons. The maximum atomic E-state index is 12.6. The van der Waals surface area contributed by atoms with Gasteiger partial charge in [-0.1, -0.05) is 18.2 Å². The monoisotopic (exact) mass is 341 g/mol. The third kappa shape index (κ3) is 3.14. The first-order valence-electron chi connectivity index (χ1n) is 8.09. The van der Waals surface area contributed by atoms with E-state index in [1.807, 2.05) is 35.7 Å². The first-order valence-corrected chi connectivity index (χ1v) is 8.97. The van der Waals surface area contributed by atoms with Crippen LogP contribution in [0.15, 0.2) is 46.3 Å². The van der Waals surface area contributed by atoms with Crippen molar-refractivity contribution in [1.82, 2.24) is 15.2 Å². The van der Waals surface area contributed by atoms with Crippen LogP contribution in [0.25, 0.3) is 11.0 Å². The maximum absolute atomic E-state index is 12.6. The predicted octanol–water partition coefficient (Wildman–Crippen LogP) is 4.18. The maximum Gasteiger partial charge on any atom is 0.318 e. The number of furan rings is 1. The molecule has 0 aliphatic heterocycles. The summed E-state index contributed by atoms with van der Waals surface area (Å²) in [7, 11) is 1.79. The number of thiazole rings is 1. The molecule has 1 saturated carbocycles. The Balaban J connectivity index is 1.50. The molecule has 6 heteroatoms. The quantitative estimate of drug-likeness (QED) is 0.757. The predicted molar refractivity (Wildman–Crippen MR) is 93.8 cm³/mol. The number of hydrogen-bond donors (Lipinski definition) is 1. The fraction of sp³-hybridized carbons (Fsp3) is 0.333. The van der Waals surface area contributed by atoms with Crippen molar-refractivity contribution in [3.8, 4) is 0 Å². The highest BCUT2D eigenvalue weighted by Gasteiger charge is 2.36. The van der Waals surface area contributed by atoms with Crippen molar-refractivity contribution >= 4 is 28.3 Å². The van der Waals surface area contributed by atoms with Gasteiger partial charge in [0.05, 0.1) is 12.6 Å². The summed E-state index contributed by atoms with van der Waals surface area (Å²) < 4.78 is 5.97. The topological polar surface area (TPSA) is 58.4 Å². The minimum absolute atomic E-state index is 0.0661. The van der Waals surface area contributed by atoms with Gasteiger partial charge in [0.25, 0.3) is 0 Å². The zero-order valence-corrected chi connectivity index (χ0v) is 14.3. The minimum atomic E-state index is -0.0949. The summed E-state index contributed by atoms with van der Waals surface area (Å²) in [5, 5.41) is 7.06. The lowest BCUT2D eigenvalue weighted by Crippen LogP contribution is -2.39. The fourth-order valence-electron chi connectivity index (χ4n) is 2.86. The number of nitrogens with zero attached hydrogens (tertiary/aromatic N) is 2. The zero-order valence-electron chi connectivity index (χ0n) is 13.4. The molecule has 24 heavy (non-hydrogen) atoms. The third-order valence-electron chi connectivity index (χ3n) is 4.33. The Kier molecular flexibility index (Phi) is 3.98. The SMILES string of the molecule is CN(Cc1nccs1)C(=O)NC(c1cc2ccccc2o1)C1CC1. The Morgan fingerprint density at radius 2 is 2.29 bits per heavy atom. The van der Waals surface area contributed by atoms with Crippen LogP contribution in [-0.2, 0) is 6.54 Å². The molecule has 1 aromatic carbocycles. The highest BCUT2D eigenvalue weighted by atomic mass is 32.1. The van der Waals surface area contributed by atoms with Gasteiger partial charge in [0.15, 0.2) is 0 Å². The van der Waals surface area contributed by atoms with Crippen LogP contribution in [-0.4, -0.2) is 23.0 Å². The van der Waals surface area contributed by atoms with E-state index in [0.717, 1.165) is 34.6 Å². The lowest BCUT2D eigenvalue weighted by molar-refractivity contribution is 0.199. The van der Waals surface area contributed by atoms with Gasteiger partial charge in [0, 0.05) is 24.0 Å². The second-order valence-electron chi connectivity index (χ2n) is 6.23. The molecule has 1 fully saturated rings. The second-order valence-corrected chi connectivity index (χ2v) is 7.21. The first kappa shape index (κ1) is 15.2. The van der Waals surface area contributed by atoms with Crippen LogP contribution in [0.2, 0.25) is 0 Å². The van der Waals surface area contributed by atoms with E-state index in [-0.39, 0.29) is 12.1 Å². The molecule has 3 aromatic rings. The number of para-hydroxylation sites is 1. The molecule has 1 unspecified atom stereocenters. The molecule has 1 N–H and O–H groups in total. The number of carbonyl (C=O) groups is 1. The Hall–Kier alpha value is -2.34. The summed E-state index contributed by atoms with van der Waals surface area (Å²) in [6.45, 7) is 0.515. The smallest absolute Gasteiger partial charge is 0.318 e. The number of rotatable bonds is 5. The highest BCUT2D eigenvalue weighted by molar-refractivity contribution is 7.09. The van der Waals surface area contributed by atoms with E-state index in [0.29, 0.717) is 12.5 Å². The number of nitrogens with one attached hydrogen (secondary N) is 1. The van der Waals surface area contributed by atoms with Crippen LogP contribution in [0, 0.1) is 5.92 Å². The van der Waals surface area contributed by atoms with Crippen LogP contribution in [0.1, 0.15) is 29.7 Å². The highest BCUT2D eigenvalue weighted by Crippen LogP contribution is 2.42. The van der Waals surface area contributed by atoms with Crippen molar-refractivity contribution in [3.05, 3.63) is 52.7 Å². The normalized spacial score (nSPS) is 15.4. The lowest BCUT2D eigenvalue weighted by Gasteiger charge is -2.21. The van der Waals surface area contributed by atoms with Gasteiger partial charge in [-0.15, -0.1) is 11.3 Å². The van der Waals surface area contributed by atoms with Gasteiger partial charge in [-0.2, -0.15) is 0 Å². The Morgan fingerprint density at radius 1 is 1.46 bits per heavy atom. The summed E-state index contributed by atoms with van der Waals surface area (Å²) in [6.07, 6.45) is 4.00. The largest absolute Gasteiger partial charge is 0.459 e. The molecule has 1 atom stereocenters. The molecular weight excluding hydrogens is 322 g/mol. The fourth-order valence-corrected chi connectivity index (χ4v) is 3.52. The standard InChI is InChI=1S/C18H19N3O2S/c1-21(11-16-19-8-9-24-16)18(22)20-17(12-6-7-12)15-10-13-4-2-3-5-14(13)23-15/h2-5,8-10,12,17H,6-7,11H2,1H3,(H,20,22). The summed E-state index contributed by atoms with van der Waals surface area (Å²) >= 11 is 1.55. The number of benzene rings is 1. The van der Waals surface area contributed by atoms with Crippen LogP contribution < -0.4 is 5.32 Å². The number of urea groups is 1. The van der Waals surface area contributed by atoms with E-state index in [1.54, 1.807) is 29.5 Å². The van der Waals surface area contributed by atoms with Gasteiger partial charge >= 0.3 is 6.03 Å². The average molecular weight is 341 g/mol. The average Bonchev–Trinajstić information content (AvgIpc) is 3.12. The molecule has 1 aliphatic rings. The number of carbonyl (C=O) groups excluding carboxylic acids is 1. The summed E-state index contributed by atoms with van der Waals surface area (Å²) in [6, 6.07) is 9.82. The molecule has 0 saturated heterocycles. The van der Waals surface area contributed by atoms with Crippen molar-refractivity contribution in [1.29, 1.82) is 0 Å². The molecule has 2 amide bonds. The van der Waals surface area contributed by atoms with Gasteiger partial charge in [0.2, 0.25) is 0 Å². The van der Waals surface area contributed by atoms with E-state index in [9.17, 15) is 4.79 Å². The van der Waals surface area contributed by atoms with Gasteiger partial charge < -0.3 is 14.6 Å². The third-order valence-corrected chi connectivity index (χ3v) is 5.09. The van der Waals surface area contributed by atoms with Crippen molar-refractivity contribution in [3.63, 3.8) is 0 Å². The Bertz CT molecular complexity index is 806. The van der Waals surface area contributed by atoms with Crippen molar-refractivity contribution in [2.75, 3.05) is 7.05 Å². The van der Waals surface area contributed by atoms with Crippen molar-refractivity contribution < 1.29 is 9.21 Å². The number of hydrogen-bond acceptors (Lipinski definition) is 4. The van der Waals surface area contributed by atoms with Crippen molar-refractivity contribution in [2.45, 2.75) is 25.4 Å². The first-order chi connectivity index (χ1) is 11.7. The van der Waals surface area contributed by atoms with Gasteiger partial charge in [-0.3, -0.25) is 0 Å². The molecule has 2 heterocycles. The van der Waals surface area contributed by atoms with E-state index < -0.39 is 0 Å². The van der Waals surface area contributed by atoms with E-state index >= 15 is 0 Å².